The largest absolute Gasteiger partial charge is 0.364 e. The molecule has 0 aliphatic carbocycles. The molecule has 2 aromatic heterocycles. The van der Waals surface area contributed by atoms with E-state index in [4.69, 9.17) is 5.73 Å². The fraction of sp³-hybridized carbons (Fsp3) is 0.125. The summed E-state index contributed by atoms with van der Waals surface area (Å²) in [6.07, 6.45) is 1.70. The van der Waals surface area contributed by atoms with Crippen LogP contribution in [0.2, 0.25) is 0 Å². The van der Waals surface area contributed by atoms with E-state index in [2.05, 4.69) is 15.0 Å². The summed E-state index contributed by atoms with van der Waals surface area (Å²) in [5.74, 6) is -0.00106. The maximum Gasteiger partial charge on any atom is 0.268 e. The van der Waals surface area contributed by atoms with Gasteiger partial charge in [-0.15, -0.1) is 0 Å². The summed E-state index contributed by atoms with van der Waals surface area (Å²) in [6.45, 7) is 1.72. The van der Waals surface area contributed by atoms with Crippen LogP contribution in [0.4, 0.5) is 0 Å². The van der Waals surface area contributed by atoms with Crippen molar-refractivity contribution in [3.8, 4) is 0 Å². The lowest BCUT2D eigenvalue weighted by Crippen LogP contribution is -2.14. The Kier molecular flexibility index (Phi) is 1.51. The van der Waals surface area contributed by atoms with Crippen molar-refractivity contribution in [1.82, 2.24) is 15.0 Å². The van der Waals surface area contributed by atoms with Gasteiger partial charge in [-0.05, 0) is 13.0 Å². The van der Waals surface area contributed by atoms with E-state index in [-0.39, 0.29) is 5.69 Å². The topological polar surface area (TPSA) is 84.7 Å². The number of hydrogen-bond donors (Lipinski definition) is 2. The third-order valence-electron chi connectivity index (χ3n) is 1.76. The van der Waals surface area contributed by atoms with E-state index in [1.165, 1.54) is 0 Å². The van der Waals surface area contributed by atoms with Gasteiger partial charge in [0, 0.05) is 6.20 Å². The molecule has 2 rings (SSSR count). The first-order valence-electron chi connectivity index (χ1n) is 3.80. The molecule has 2 aromatic rings. The number of nitrogens with one attached hydrogen (secondary N) is 1. The molecule has 0 saturated heterocycles. The van der Waals surface area contributed by atoms with Gasteiger partial charge in [-0.25, -0.2) is 9.97 Å². The van der Waals surface area contributed by atoms with Crippen molar-refractivity contribution in [2.24, 2.45) is 5.73 Å². The fourth-order valence-electron chi connectivity index (χ4n) is 1.24. The van der Waals surface area contributed by atoms with E-state index in [1.54, 1.807) is 19.2 Å². The van der Waals surface area contributed by atoms with Crippen LogP contribution in [-0.2, 0) is 0 Å². The molecule has 0 radical (unpaired) electrons. The van der Waals surface area contributed by atoms with E-state index in [0.717, 1.165) is 0 Å². The minimum Gasteiger partial charge on any atom is -0.364 e. The van der Waals surface area contributed by atoms with E-state index in [9.17, 15) is 4.79 Å². The number of fused-ring (bicyclic) bond motifs is 1. The number of nitrogens with zero attached hydrogens (tertiary/aromatic N) is 2. The minimum absolute atomic E-state index is 0.267. The van der Waals surface area contributed by atoms with Crippen molar-refractivity contribution in [2.75, 3.05) is 0 Å². The predicted molar refractivity (Wildman–Crippen MR) is 47.1 cm³/mol. The Morgan fingerprint density at radius 3 is 3.00 bits per heavy atom. The lowest BCUT2D eigenvalue weighted by Gasteiger charge is -1.98. The van der Waals surface area contributed by atoms with Gasteiger partial charge in [0.1, 0.15) is 17.2 Å². The zero-order chi connectivity index (χ0) is 9.42. The SMILES string of the molecule is Cc1nc(C(N)=O)c2cc[nH]c2n1. The number of rotatable bonds is 1. The number of amides is 1. The number of aryl methyl sites for hydroxylation is 1. The van der Waals surface area contributed by atoms with Gasteiger partial charge in [0.2, 0.25) is 0 Å². The minimum atomic E-state index is -0.532. The van der Waals surface area contributed by atoms with E-state index in [1.807, 2.05) is 0 Å². The van der Waals surface area contributed by atoms with Gasteiger partial charge < -0.3 is 10.7 Å². The van der Waals surface area contributed by atoms with Gasteiger partial charge in [0.15, 0.2) is 0 Å². The van der Waals surface area contributed by atoms with E-state index >= 15 is 0 Å². The summed E-state index contributed by atoms with van der Waals surface area (Å²) in [7, 11) is 0. The second kappa shape index (κ2) is 2.55. The summed E-state index contributed by atoms with van der Waals surface area (Å²) in [5.41, 5.74) is 6.07. The summed E-state index contributed by atoms with van der Waals surface area (Å²) < 4.78 is 0. The maximum atomic E-state index is 11.0. The molecule has 1 amide bonds. The second-order valence-electron chi connectivity index (χ2n) is 2.72. The number of primary amides is 1. The molecule has 0 spiro atoms. The second-order valence-corrected chi connectivity index (χ2v) is 2.72. The summed E-state index contributed by atoms with van der Waals surface area (Å²) >= 11 is 0. The number of aromatic nitrogens is 3. The van der Waals surface area contributed by atoms with E-state index < -0.39 is 5.91 Å². The molecule has 0 aliphatic rings. The van der Waals surface area contributed by atoms with Gasteiger partial charge >= 0.3 is 0 Å². The molecule has 0 aliphatic heterocycles. The van der Waals surface area contributed by atoms with Crippen LogP contribution >= 0.6 is 0 Å². The molecular formula is C8H8N4O. The first-order valence-corrected chi connectivity index (χ1v) is 3.80. The molecule has 66 valence electrons. The molecule has 5 nitrogen and oxygen atoms in total. The molecule has 3 N–H and O–H groups in total. The third kappa shape index (κ3) is 1.14. The average molecular weight is 176 g/mol. The molecule has 0 saturated carbocycles. The fourth-order valence-corrected chi connectivity index (χ4v) is 1.24. The lowest BCUT2D eigenvalue weighted by atomic mass is 10.2. The number of aromatic amines is 1. The molecule has 0 unspecified atom stereocenters. The molecule has 0 atom stereocenters. The van der Waals surface area contributed by atoms with Crippen molar-refractivity contribution >= 4 is 16.9 Å². The Bertz CT molecular complexity index is 474. The lowest BCUT2D eigenvalue weighted by molar-refractivity contribution is 0.0997. The average Bonchev–Trinajstić information content (AvgIpc) is 2.49. The highest BCUT2D eigenvalue weighted by atomic mass is 16.1. The third-order valence-corrected chi connectivity index (χ3v) is 1.76. The Hall–Kier alpha value is -1.91. The first-order chi connectivity index (χ1) is 6.18. The molecule has 0 fully saturated rings. The van der Waals surface area contributed by atoms with Gasteiger partial charge in [0.05, 0.1) is 5.39 Å². The highest BCUT2D eigenvalue weighted by Crippen LogP contribution is 2.13. The Morgan fingerprint density at radius 2 is 2.31 bits per heavy atom. The summed E-state index contributed by atoms with van der Waals surface area (Å²) in [5, 5.41) is 0.665. The quantitative estimate of drug-likeness (QED) is 0.658. The monoisotopic (exact) mass is 176 g/mol. The number of nitrogens with two attached hydrogens (primary N) is 1. The Morgan fingerprint density at radius 1 is 1.54 bits per heavy atom. The number of carbonyl (C=O) groups is 1. The Labute approximate surface area is 74.0 Å². The van der Waals surface area contributed by atoms with Crippen molar-refractivity contribution in [1.29, 1.82) is 0 Å². The Balaban J connectivity index is 2.84. The number of hydrogen-bond acceptors (Lipinski definition) is 3. The highest BCUT2D eigenvalue weighted by Gasteiger charge is 2.10. The smallest absolute Gasteiger partial charge is 0.268 e. The van der Waals surface area contributed by atoms with Crippen LogP contribution in [0.15, 0.2) is 12.3 Å². The zero-order valence-corrected chi connectivity index (χ0v) is 7.03. The van der Waals surface area contributed by atoms with Crippen LogP contribution in [0.1, 0.15) is 16.3 Å². The molecule has 5 heteroatoms. The molecule has 0 bridgehead atoms. The first kappa shape index (κ1) is 7.72. The maximum absolute atomic E-state index is 11.0. The molecule has 2 heterocycles. The number of carbonyl (C=O) groups excluding carboxylic acids is 1. The molecule has 0 aromatic carbocycles. The van der Waals surface area contributed by atoms with Gasteiger partial charge in [-0.1, -0.05) is 0 Å². The van der Waals surface area contributed by atoms with Crippen LogP contribution in [0, 0.1) is 6.92 Å². The van der Waals surface area contributed by atoms with Crippen LogP contribution in [0.25, 0.3) is 11.0 Å². The van der Waals surface area contributed by atoms with Gasteiger partial charge in [-0.2, -0.15) is 0 Å². The van der Waals surface area contributed by atoms with Crippen LogP contribution in [0.3, 0.4) is 0 Å². The van der Waals surface area contributed by atoms with Gasteiger partial charge in [0.25, 0.3) is 5.91 Å². The van der Waals surface area contributed by atoms with Crippen molar-refractivity contribution < 1.29 is 4.79 Å². The predicted octanol–water partition coefficient (Wildman–Crippen LogP) is 0.365. The molecule has 13 heavy (non-hydrogen) atoms. The normalized spacial score (nSPS) is 10.5. The molecular weight excluding hydrogens is 168 g/mol. The number of H-pyrrole nitrogens is 1. The van der Waals surface area contributed by atoms with Crippen LogP contribution < -0.4 is 5.73 Å². The van der Waals surface area contributed by atoms with Crippen molar-refractivity contribution in [3.05, 3.63) is 23.8 Å². The van der Waals surface area contributed by atoms with E-state index in [0.29, 0.717) is 16.9 Å². The van der Waals surface area contributed by atoms with Crippen LogP contribution in [-0.4, -0.2) is 20.9 Å². The van der Waals surface area contributed by atoms with Crippen molar-refractivity contribution in [2.45, 2.75) is 6.92 Å². The van der Waals surface area contributed by atoms with Gasteiger partial charge in [-0.3, -0.25) is 4.79 Å². The van der Waals surface area contributed by atoms with Crippen molar-refractivity contribution in [3.63, 3.8) is 0 Å². The highest BCUT2D eigenvalue weighted by molar-refractivity contribution is 6.02. The zero-order valence-electron chi connectivity index (χ0n) is 7.03. The summed E-state index contributed by atoms with van der Waals surface area (Å²) in [4.78, 5) is 22.0. The summed E-state index contributed by atoms with van der Waals surface area (Å²) in [6, 6.07) is 1.73. The standard InChI is InChI=1S/C8H8N4O/c1-4-11-6(7(9)13)5-2-3-10-8(5)12-4/h2-3H,1H3,(H2,9,13)(H,10,11,12). The van der Waals surface area contributed by atoms with Crippen LogP contribution in [0.5, 0.6) is 0 Å².